The SMILES string of the molecule is CC.Cc1ccc(N)cc1.O=C1C=CC(CO)C1c1ccccc1. The highest BCUT2D eigenvalue weighted by molar-refractivity contribution is 5.98. The number of rotatable bonds is 2. The van der Waals surface area contributed by atoms with Crippen LogP contribution < -0.4 is 5.73 Å². The van der Waals surface area contributed by atoms with Crippen molar-refractivity contribution in [3.63, 3.8) is 0 Å². The van der Waals surface area contributed by atoms with E-state index in [9.17, 15) is 4.79 Å². The van der Waals surface area contributed by atoms with Gasteiger partial charge in [-0.15, -0.1) is 0 Å². The smallest absolute Gasteiger partial charge is 0.163 e. The van der Waals surface area contributed by atoms with Gasteiger partial charge in [-0.3, -0.25) is 4.79 Å². The number of hydrogen-bond acceptors (Lipinski definition) is 3. The van der Waals surface area contributed by atoms with Gasteiger partial charge in [0.25, 0.3) is 0 Å². The fourth-order valence-corrected chi connectivity index (χ4v) is 2.45. The van der Waals surface area contributed by atoms with Crippen LogP contribution in [-0.4, -0.2) is 17.5 Å². The Hall–Kier alpha value is -2.39. The Bertz CT molecular complexity index is 612. The highest BCUT2D eigenvalue weighted by atomic mass is 16.3. The molecule has 3 rings (SSSR count). The Balaban J connectivity index is 0.000000245. The van der Waals surface area contributed by atoms with Crippen molar-refractivity contribution in [3.8, 4) is 0 Å². The number of benzene rings is 2. The standard InChI is InChI=1S/C12H12O2.C7H9N.C2H6/c13-8-10-6-7-11(14)12(10)9-4-2-1-3-5-9;1-6-2-4-7(8)5-3-6;1-2/h1-7,10,12-13H,8H2;2-5H,8H2,1H3;1-2H3. The van der Waals surface area contributed by atoms with Crippen LogP contribution in [0.2, 0.25) is 0 Å². The Morgan fingerprint density at radius 2 is 1.58 bits per heavy atom. The van der Waals surface area contributed by atoms with Crippen molar-refractivity contribution in [3.05, 3.63) is 77.9 Å². The van der Waals surface area contributed by atoms with Crippen molar-refractivity contribution in [1.29, 1.82) is 0 Å². The van der Waals surface area contributed by atoms with Crippen molar-refractivity contribution < 1.29 is 9.90 Å². The Labute approximate surface area is 144 Å². The number of carbonyl (C=O) groups is 1. The first kappa shape index (κ1) is 19.7. The maximum absolute atomic E-state index is 11.5. The molecule has 0 amide bonds. The zero-order chi connectivity index (χ0) is 17.9. The van der Waals surface area contributed by atoms with Crippen LogP contribution in [0.3, 0.4) is 0 Å². The summed E-state index contributed by atoms with van der Waals surface area (Å²) in [5.74, 6) is -0.138. The van der Waals surface area contributed by atoms with E-state index in [1.54, 1.807) is 12.2 Å². The molecular weight excluding hydrogens is 298 g/mol. The van der Waals surface area contributed by atoms with Crippen LogP contribution in [0.25, 0.3) is 0 Å². The second-order valence-corrected chi connectivity index (χ2v) is 5.41. The molecular formula is C21H27NO2. The fraction of sp³-hybridized carbons (Fsp3) is 0.286. The van der Waals surface area contributed by atoms with Crippen LogP contribution in [0.5, 0.6) is 0 Å². The minimum Gasteiger partial charge on any atom is -0.399 e. The molecule has 1 aliphatic carbocycles. The third kappa shape index (κ3) is 5.67. The third-order valence-corrected chi connectivity index (χ3v) is 3.69. The first-order valence-corrected chi connectivity index (χ1v) is 8.32. The largest absolute Gasteiger partial charge is 0.399 e. The molecule has 0 heterocycles. The number of carbonyl (C=O) groups excluding carboxylic acids is 1. The minimum absolute atomic E-state index is 0.0296. The van der Waals surface area contributed by atoms with E-state index >= 15 is 0 Å². The number of aliphatic hydroxyl groups excluding tert-OH is 1. The summed E-state index contributed by atoms with van der Waals surface area (Å²) in [6.07, 6.45) is 3.36. The van der Waals surface area contributed by atoms with Gasteiger partial charge in [-0.2, -0.15) is 0 Å². The second-order valence-electron chi connectivity index (χ2n) is 5.41. The normalized spacial score (nSPS) is 18.2. The molecule has 0 saturated carbocycles. The van der Waals surface area contributed by atoms with Gasteiger partial charge in [0.1, 0.15) is 0 Å². The first-order chi connectivity index (χ1) is 11.6. The van der Waals surface area contributed by atoms with Gasteiger partial charge in [0.2, 0.25) is 0 Å². The molecule has 0 saturated heterocycles. The molecule has 128 valence electrons. The average Bonchev–Trinajstić information content (AvgIpc) is 3.01. The molecule has 0 aromatic heterocycles. The van der Waals surface area contributed by atoms with Gasteiger partial charge in [0.05, 0.1) is 12.5 Å². The lowest BCUT2D eigenvalue weighted by Gasteiger charge is -2.15. The molecule has 3 N–H and O–H groups in total. The Morgan fingerprint density at radius 1 is 1.00 bits per heavy atom. The van der Waals surface area contributed by atoms with E-state index in [0.29, 0.717) is 0 Å². The van der Waals surface area contributed by atoms with E-state index in [0.717, 1.165) is 11.3 Å². The summed E-state index contributed by atoms with van der Waals surface area (Å²) in [5, 5.41) is 9.11. The number of aryl methyl sites for hydroxylation is 1. The number of aliphatic hydroxyl groups is 1. The van der Waals surface area contributed by atoms with Gasteiger partial charge < -0.3 is 10.8 Å². The van der Waals surface area contributed by atoms with E-state index in [1.807, 2.05) is 75.4 Å². The Morgan fingerprint density at radius 3 is 2.08 bits per heavy atom. The van der Waals surface area contributed by atoms with E-state index in [-0.39, 0.29) is 24.2 Å². The van der Waals surface area contributed by atoms with Crippen LogP contribution in [0.15, 0.2) is 66.7 Å². The zero-order valence-electron chi connectivity index (χ0n) is 14.6. The molecule has 2 atom stereocenters. The molecule has 2 aromatic carbocycles. The predicted octanol–water partition coefficient (Wildman–Crippen LogP) is 4.12. The van der Waals surface area contributed by atoms with Crippen molar-refractivity contribution in [2.24, 2.45) is 5.92 Å². The number of anilines is 1. The lowest BCUT2D eigenvalue weighted by molar-refractivity contribution is -0.116. The molecule has 0 spiro atoms. The third-order valence-electron chi connectivity index (χ3n) is 3.69. The van der Waals surface area contributed by atoms with Gasteiger partial charge >= 0.3 is 0 Å². The maximum Gasteiger partial charge on any atom is 0.163 e. The molecule has 24 heavy (non-hydrogen) atoms. The van der Waals surface area contributed by atoms with Crippen molar-refractivity contribution >= 4 is 11.5 Å². The van der Waals surface area contributed by atoms with Crippen LogP contribution >= 0.6 is 0 Å². The molecule has 2 aromatic rings. The lowest BCUT2D eigenvalue weighted by Crippen LogP contribution is -2.16. The molecule has 1 aliphatic rings. The highest BCUT2D eigenvalue weighted by Crippen LogP contribution is 2.31. The summed E-state index contributed by atoms with van der Waals surface area (Å²) >= 11 is 0. The topological polar surface area (TPSA) is 63.3 Å². The molecule has 0 aliphatic heterocycles. The van der Waals surface area contributed by atoms with Crippen LogP contribution in [0, 0.1) is 12.8 Å². The molecule has 2 unspecified atom stereocenters. The van der Waals surface area contributed by atoms with Crippen LogP contribution in [0.1, 0.15) is 30.9 Å². The number of allylic oxidation sites excluding steroid dienone is 1. The Kier molecular flexibility index (Phi) is 8.52. The van der Waals surface area contributed by atoms with Crippen LogP contribution in [0.4, 0.5) is 5.69 Å². The fourth-order valence-electron chi connectivity index (χ4n) is 2.45. The van der Waals surface area contributed by atoms with E-state index in [4.69, 9.17) is 10.8 Å². The van der Waals surface area contributed by atoms with Crippen molar-refractivity contribution in [2.45, 2.75) is 26.7 Å². The predicted molar refractivity (Wildman–Crippen MR) is 101 cm³/mol. The summed E-state index contributed by atoms with van der Waals surface area (Å²) in [6, 6.07) is 17.4. The van der Waals surface area contributed by atoms with Gasteiger partial charge in [0.15, 0.2) is 5.78 Å². The van der Waals surface area contributed by atoms with E-state index < -0.39 is 0 Å². The summed E-state index contributed by atoms with van der Waals surface area (Å²) in [6.45, 7) is 6.07. The summed E-state index contributed by atoms with van der Waals surface area (Å²) in [4.78, 5) is 11.5. The van der Waals surface area contributed by atoms with Crippen molar-refractivity contribution in [2.75, 3.05) is 12.3 Å². The summed E-state index contributed by atoms with van der Waals surface area (Å²) < 4.78 is 0. The monoisotopic (exact) mass is 325 g/mol. The van der Waals surface area contributed by atoms with E-state index in [2.05, 4.69) is 0 Å². The minimum atomic E-state index is -0.179. The van der Waals surface area contributed by atoms with E-state index in [1.165, 1.54) is 5.56 Å². The molecule has 0 radical (unpaired) electrons. The number of nitrogens with two attached hydrogens (primary N) is 1. The quantitative estimate of drug-likeness (QED) is 0.816. The number of ketones is 1. The summed E-state index contributed by atoms with van der Waals surface area (Å²) in [7, 11) is 0. The van der Waals surface area contributed by atoms with Crippen molar-refractivity contribution in [1.82, 2.24) is 0 Å². The summed E-state index contributed by atoms with van der Waals surface area (Å²) in [5.41, 5.74) is 8.49. The van der Waals surface area contributed by atoms with Gasteiger partial charge in [-0.1, -0.05) is 68.0 Å². The molecule has 0 fully saturated rings. The highest BCUT2D eigenvalue weighted by Gasteiger charge is 2.30. The number of nitrogen functional groups attached to an aromatic ring is 1. The number of hydrogen-bond donors (Lipinski definition) is 2. The molecule has 0 bridgehead atoms. The zero-order valence-corrected chi connectivity index (χ0v) is 14.6. The lowest BCUT2D eigenvalue weighted by atomic mass is 9.88. The van der Waals surface area contributed by atoms with Gasteiger partial charge in [-0.05, 0) is 30.7 Å². The van der Waals surface area contributed by atoms with Crippen LogP contribution in [-0.2, 0) is 4.79 Å². The first-order valence-electron chi connectivity index (χ1n) is 8.32. The average molecular weight is 325 g/mol. The van der Waals surface area contributed by atoms with Gasteiger partial charge in [0, 0.05) is 11.6 Å². The van der Waals surface area contributed by atoms with Gasteiger partial charge in [-0.25, -0.2) is 0 Å². The second kappa shape index (κ2) is 10.4. The molecule has 3 nitrogen and oxygen atoms in total. The molecule has 3 heteroatoms. The maximum atomic E-state index is 11.5.